The largest absolute Gasteiger partial charge is 0.494 e. The van der Waals surface area contributed by atoms with Crippen molar-refractivity contribution in [1.29, 1.82) is 0 Å². The summed E-state index contributed by atoms with van der Waals surface area (Å²) in [6.45, 7) is 3.18. The average molecular weight is 376 g/mol. The van der Waals surface area contributed by atoms with Crippen molar-refractivity contribution in [2.24, 2.45) is 5.92 Å². The van der Waals surface area contributed by atoms with Gasteiger partial charge in [0.2, 0.25) is 16.9 Å². The van der Waals surface area contributed by atoms with Crippen LogP contribution in [0.2, 0.25) is 0 Å². The summed E-state index contributed by atoms with van der Waals surface area (Å²) in [7, 11) is 1.57. The topological polar surface area (TPSA) is 93.7 Å². The van der Waals surface area contributed by atoms with E-state index < -0.39 is 5.92 Å². The number of carbonyl (C=O) groups excluding carboxylic acids is 2. The van der Waals surface area contributed by atoms with Crippen LogP contribution in [0, 0.1) is 5.92 Å². The average Bonchev–Trinajstić information content (AvgIpc) is 3.23. The highest BCUT2D eigenvalue weighted by Gasteiger charge is 2.35. The van der Waals surface area contributed by atoms with Gasteiger partial charge in [0.25, 0.3) is 0 Å². The number of methoxy groups -OCH3 is 1. The molecule has 0 radical (unpaired) electrons. The first kappa shape index (κ1) is 18.3. The number of nitrogens with zero attached hydrogens (tertiary/aromatic N) is 3. The number of hydrogen-bond acceptors (Lipinski definition) is 7. The second-order valence-corrected chi connectivity index (χ2v) is 6.82. The molecule has 8 nitrogen and oxygen atoms in total. The van der Waals surface area contributed by atoms with Gasteiger partial charge in [-0.25, -0.2) is 0 Å². The predicted octanol–water partition coefficient (Wildman–Crippen LogP) is 2.07. The van der Waals surface area contributed by atoms with Crippen LogP contribution in [-0.4, -0.2) is 42.3 Å². The second kappa shape index (κ2) is 8.24. The molecule has 0 bridgehead atoms. The summed E-state index contributed by atoms with van der Waals surface area (Å²) >= 11 is 1.26. The Morgan fingerprint density at radius 3 is 2.81 bits per heavy atom. The van der Waals surface area contributed by atoms with Gasteiger partial charge in [0.05, 0.1) is 12.5 Å². The maximum Gasteiger partial charge on any atom is 0.231 e. The first-order valence-corrected chi connectivity index (χ1v) is 9.07. The molecule has 1 atom stereocenters. The Labute approximate surface area is 155 Å². The van der Waals surface area contributed by atoms with Gasteiger partial charge in [-0.15, -0.1) is 10.2 Å². The van der Waals surface area contributed by atoms with Crippen molar-refractivity contribution in [2.75, 3.05) is 30.5 Å². The highest BCUT2D eigenvalue weighted by molar-refractivity contribution is 7.15. The number of aromatic nitrogens is 2. The van der Waals surface area contributed by atoms with Crippen LogP contribution in [0.25, 0.3) is 0 Å². The minimum atomic E-state index is -0.427. The SMILES string of the molecule is CCOc1ccc(N2C[C@@H](C(=O)Nc3nnc(COC)s3)CC2=O)cc1. The lowest BCUT2D eigenvalue weighted by atomic mass is 10.1. The molecule has 1 N–H and O–H groups in total. The van der Waals surface area contributed by atoms with Crippen LogP contribution in [0.15, 0.2) is 24.3 Å². The Bertz CT molecular complexity index is 777. The molecule has 0 aliphatic carbocycles. The van der Waals surface area contributed by atoms with Crippen LogP contribution in [0.3, 0.4) is 0 Å². The Morgan fingerprint density at radius 1 is 1.35 bits per heavy atom. The van der Waals surface area contributed by atoms with Crippen LogP contribution in [0.5, 0.6) is 5.75 Å². The van der Waals surface area contributed by atoms with E-state index in [4.69, 9.17) is 9.47 Å². The molecule has 2 amide bonds. The highest BCUT2D eigenvalue weighted by atomic mass is 32.1. The van der Waals surface area contributed by atoms with E-state index in [1.165, 1.54) is 11.3 Å². The van der Waals surface area contributed by atoms with Crippen molar-refractivity contribution in [3.8, 4) is 5.75 Å². The Kier molecular flexibility index (Phi) is 5.79. The minimum absolute atomic E-state index is 0.0772. The standard InChI is InChI=1S/C17H20N4O4S/c1-3-25-13-6-4-12(5-7-13)21-9-11(8-15(21)22)16(23)18-17-20-19-14(26-17)10-24-2/h4-7,11H,3,8-10H2,1-2H3,(H,18,20,23)/t11-/m0/s1. The quantitative estimate of drug-likeness (QED) is 0.795. The lowest BCUT2D eigenvalue weighted by Gasteiger charge is -2.17. The van der Waals surface area contributed by atoms with Gasteiger partial charge < -0.3 is 19.7 Å². The molecule has 1 aromatic carbocycles. The summed E-state index contributed by atoms with van der Waals surface area (Å²) in [6, 6.07) is 7.28. The van der Waals surface area contributed by atoms with Crippen molar-refractivity contribution in [3.63, 3.8) is 0 Å². The van der Waals surface area contributed by atoms with Gasteiger partial charge in [0.15, 0.2) is 0 Å². The summed E-state index contributed by atoms with van der Waals surface area (Å²) in [5.74, 6) is 0.0164. The monoisotopic (exact) mass is 376 g/mol. The normalized spacial score (nSPS) is 16.8. The van der Waals surface area contributed by atoms with E-state index in [-0.39, 0.29) is 18.2 Å². The number of rotatable bonds is 7. The zero-order valence-electron chi connectivity index (χ0n) is 14.6. The molecule has 0 spiro atoms. The molecule has 3 rings (SSSR count). The van der Waals surface area contributed by atoms with Gasteiger partial charge in [0, 0.05) is 25.8 Å². The van der Waals surface area contributed by atoms with Crippen molar-refractivity contribution in [1.82, 2.24) is 10.2 Å². The first-order chi connectivity index (χ1) is 12.6. The number of benzene rings is 1. The fraction of sp³-hybridized carbons (Fsp3) is 0.412. The van der Waals surface area contributed by atoms with Crippen LogP contribution >= 0.6 is 11.3 Å². The van der Waals surface area contributed by atoms with Crippen molar-refractivity contribution in [3.05, 3.63) is 29.3 Å². The molecule has 0 unspecified atom stereocenters. The van der Waals surface area contributed by atoms with Crippen molar-refractivity contribution >= 4 is 34.0 Å². The van der Waals surface area contributed by atoms with Crippen molar-refractivity contribution < 1.29 is 19.1 Å². The maximum atomic E-state index is 12.4. The van der Waals surface area contributed by atoms with Crippen LogP contribution in [0.4, 0.5) is 10.8 Å². The summed E-state index contributed by atoms with van der Waals surface area (Å²) < 4.78 is 10.4. The molecular formula is C17H20N4O4S. The third-order valence-electron chi connectivity index (χ3n) is 3.92. The number of hydrogen-bond donors (Lipinski definition) is 1. The van der Waals surface area contributed by atoms with Gasteiger partial charge in [-0.1, -0.05) is 11.3 Å². The molecule has 1 aliphatic rings. The van der Waals surface area contributed by atoms with Gasteiger partial charge in [-0.2, -0.15) is 0 Å². The maximum absolute atomic E-state index is 12.4. The molecule has 1 fully saturated rings. The molecule has 0 saturated carbocycles. The molecular weight excluding hydrogens is 356 g/mol. The van der Waals surface area contributed by atoms with E-state index >= 15 is 0 Å². The smallest absolute Gasteiger partial charge is 0.231 e. The van der Waals surface area contributed by atoms with E-state index in [9.17, 15) is 9.59 Å². The molecule has 2 aromatic rings. The lowest BCUT2D eigenvalue weighted by molar-refractivity contribution is -0.122. The number of amides is 2. The van der Waals surface area contributed by atoms with Crippen molar-refractivity contribution in [2.45, 2.75) is 20.0 Å². The minimum Gasteiger partial charge on any atom is -0.494 e. The fourth-order valence-corrected chi connectivity index (χ4v) is 3.43. The zero-order valence-corrected chi connectivity index (χ0v) is 15.4. The Hall–Kier alpha value is -2.52. The van der Waals surface area contributed by atoms with E-state index in [1.54, 1.807) is 12.0 Å². The lowest BCUT2D eigenvalue weighted by Crippen LogP contribution is -2.28. The zero-order chi connectivity index (χ0) is 18.5. The van der Waals surface area contributed by atoms with Gasteiger partial charge >= 0.3 is 0 Å². The van der Waals surface area contributed by atoms with E-state index in [1.807, 2.05) is 31.2 Å². The van der Waals surface area contributed by atoms with E-state index in [0.717, 1.165) is 11.4 Å². The molecule has 26 heavy (non-hydrogen) atoms. The third kappa shape index (κ3) is 4.17. The van der Waals surface area contributed by atoms with Gasteiger partial charge in [-0.05, 0) is 31.2 Å². The fourth-order valence-electron chi connectivity index (χ4n) is 2.72. The third-order valence-corrected chi connectivity index (χ3v) is 4.73. The molecule has 2 heterocycles. The number of carbonyl (C=O) groups is 2. The molecule has 1 aliphatic heterocycles. The molecule has 138 valence electrons. The van der Waals surface area contributed by atoms with Crippen LogP contribution in [-0.2, 0) is 20.9 Å². The van der Waals surface area contributed by atoms with E-state index in [2.05, 4.69) is 15.5 Å². The Balaban J connectivity index is 1.61. The van der Waals surface area contributed by atoms with E-state index in [0.29, 0.717) is 29.9 Å². The summed E-state index contributed by atoms with van der Waals surface area (Å²) in [4.78, 5) is 26.4. The van der Waals surface area contributed by atoms with Gasteiger partial charge in [0.1, 0.15) is 17.4 Å². The predicted molar refractivity (Wildman–Crippen MR) is 97.3 cm³/mol. The molecule has 1 saturated heterocycles. The van der Waals surface area contributed by atoms with Crippen LogP contribution in [0.1, 0.15) is 18.4 Å². The summed E-state index contributed by atoms with van der Waals surface area (Å²) in [5, 5.41) is 11.7. The van der Waals surface area contributed by atoms with Crippen LogP contribution < -0.4 is 15.0 Å². The number of anilines is 2. The highest BCUT2D eigenvalue weighted by Crippen LogP contribution is 2.28. The summed E-state index contributed by atoms with van der Waals surface area (Å²) in [6.07, 6.45) is 0.169. The van der Waals surface area contributed by atoms with Gasteiger partial charge in [-0.3, -0.25) is 9.59 Å². The Morgan fingerprint density at radius 2 is 2.12 bits per heavy atom. The molecule has 1 aromatic heterocycles. The number of ether oxygens (including phenoxy) is 2. The molecule has 9 heteroatoms. The second-order valence-electron chi connectivity index (χ2n) is 5.76. The number of nitrogens with one attached hydrogen (secondary N) is 1. The summed E-state index contributed by atoms with van der Waals surface area (Å²) in [5.41, 5.74) is 0.757. The first-order valence-electron chi connectivity index (χ1n) is 8.26.